The van der Waals surface area contributed by atoms with Gasteiger partial charge in [0.15, 0.2) is 0 Å². The van der Waals surface area contributed by atoms with Crippen molar-refractivity contribution in [3.8, 4) is 0 Å². The Morgan fingerprint density at radius 1 is 1.33 bits per heavy atom. The van der Waals surface area contributed by atoms with Gasteiger partial charge in [-0.05, 0) is 32.6 Å². The van der Waals surface area contributed by atoms with Crippen molar-refractivity contribution in [1.82, 2.24) is 0 Å². The van der Waals surface area contributed by atoms with Crippen molar-refractivity contribution in [3.05, 3.63) is 0 Å². The van der Waals surface area contributed by atoms with Gasteiger partial charge in [-0.25, -0.2) is 0 Å². The number of rotatable bonds is 1. The predicted molar refractivity (Wildman–Crippen MR) is 47.1 cm³/mol. The molecule has 2 saturated heterocycles. The molecule has 0 saturated carbocycles. The molecule has 0 bridgehead atoms. The largest absolute Gasteiger partial charge is 0.375 e. The topological polar surface area (TPSA) is 21.8 Å². The lowest BCUT2D eigenvalue weighted by Crippen LogP contribution is -2.31. The maximum atomic E-state index is 5.68. The summed E-state index contributed by atoms with van der Waals surface area (Å²) in [6.45, 7) is 7.49. The third-order valence-electron chi connectivity index (χ3n) is 2.97. The van der Waals surface area contributed by atoms with E-state index in [-0.39, 0.29) is 5.60 Å². The molecule has 0 radical (unpaired) electrons. The summed E-state index contributed by atoms with van der Waals surface area (Å²) in [5, 5.41) is 0. The Morgan fingerprint density at radius 2 is 2.00 bits per heavy atom. The first-order chi connectivity index (χ1) is 5.59. The van der Waals surface area contributed by atoms with Gasteiger partial charge in [-0.3, -0.25) is 0 Å². The van der Waals surface area contributed by atoms with E-state index in [0.717, 1.165) is 12.5 Å². The van der Waals surface area contributed by atoms with Crippen LogP contribution in [0.4, 0.5) is 0 Å². The first-order valence-corrected chi connectivity index (χ1v) is 4.89. The van der Waals surface area contributed by atoms with Crippen molar-refractivity contribution >= 4 is 0 Å². The minimum absolute atomic E-state index is 0.0850. The highest BCUT2D eigenvalue weighted by molar-refractivity contribution is 5.00. The summed E-state index contributed by atoms with van der Waals surface area (Å²) in [6, 6.07) is 0. The Kier molecular flexibility index (Phi) is 1.92. The van der Waals surface area contributed by atoms with Crippen LogP contribution in [0, 0.1) is 5.92 Å². The SMILES string of the molecule is C[C@@H]1CCO[C@H]([C@@H]2OC2(C)C)C1. The zero-order valence-corrected chi connectivity index (χ0v) is 8.17. The van der Waals surface area contributed by atoms with Crippen molar-refractivity contribution in [2.75, 3.05) is 6.61 Å². The van der Waals surface area contributed by atoms with Crippen LogP contribution in [0.3, 0.4) is 0 Å². The van der Waals surface area contributed by atoms with Crippen molar-refractivity contribution in [3.63, 3.8) is 0 Å². The quantitative estimate of drug-likeness (QED) is 0.561. The van der Waals surface area contributed by atoms with Crippen LogP contribution in [0.5, 0.6) is 0 Å². The summed E-state index contributed by atoms with van der Waals surface area (Å²) in [5.74, 6) is 0.809. The molecule has 0 aromatic rings. The summed E-state index contributed by atoms with van der Waals surface area (Å²) in [5.41, 5.74) is 0.0850. The van der Waals surface area contributed by atoms with Gasteiger partial charge in [0.2, 0.25) is 0 Å². The summed E-state index contributed by atoms with van der Waals surface area (Å²) in [7, 11) is 0. The molecule has 2 rings (SSSR count). The second kappa shape index (κ2) is 2.71. The number of ether oxygens (including phenoxy) is 2. The van der Waals surface area contributed by atoms with Crippen LogP contribution in [0.25, 0.3) is 0 Å². The fraction of sp³-hybridized carbons (Fsp3) is 1.00. The molecule has 12 heavy (non-hydrogen) atoms. The molecule has 2 heteroatoms. The highest BCUT2D eigenvalue weighted by atomic mass is 16.6. The van der Waals surface area contributed by atoms with Gasteiger partial charge < -0.3 is 9.47 Å². The zero-order valence-electron chi connectivity index (χ0n) is 8.17. The molecule has 0 amide bonds. The Bertz CT molecular complexity index is 177. The molecule has 2 aliphatic rings. The number of epoxide rings is 1. The van der Waals surface area contributed by atoms with E-state index in [1.807, 2.05) is 0 Å². The highest BCUT2D eigenvalue weighted by Crippen LogP contribution is 2.42. The smallest absolute Gasteiger partial charge is 0.113 e. The van der Waals surface area contributed by atoms with E-state index >= 15 is 0 Å². The van der Waals surface area contributed by atoms with Crippen LogP contribution >= 0.6 is 0 Å². The van der Waals surface area contributed by atoms with Gasteiger partial charge in [0.05, 0.1) is 11.7 Å². The summed E-state index contributed by atoms with van der Waals surface area (Å²) < 4.78 is 11.3. The average molecular weight is 170 g/mol. The van der Waals surface area contributed by atoms with Crippen LogP contribution in [0.2, 0.25) is 0 Å². The lowest BCUT2D eigenvalue weighted by atomic mass is 9.93. The Balaban J connectivity index is 1.89. The first-order valence-electron chi connectivity index (χ1n) is 4.89. The second-order valence-electron chi connectivity index (χ2n) is 4.68. The van der Waals surface area contributed by atoms with E-state index in [9.17, 15) is 0 Å². The average Bonchev–Trinajstić information content (AvgIpc) is 2.60. The van der Waals surface area contributed by atoms with Gasteiger partial charge in [0.25, 0.3) is 0 Å². The van der Waals surface area contributed by atoms with Crippen LogP contribution in [0.15, 0.2) is 0 Å². The fourth-order valence-corrected chi connectivity index (χ4v) is 2.03. The van der Waals surface area contributed by atoms with Gasteiger partial charge in [-0.1, -0.05) is 6.92 Å². The molecule has 0 N–H and O–H groups in total. The Morgan fingerprint density at radius 3 is 2.50 bits per heavy atom. The second-order valence-corrected chi connectivity index (χ2v) is 4.68. The first kappa shape index (κ1) is 8.52. The van der Waals surface area contributed by atoms with Gasteiger partial charge >= 0.3 is 0 Å². The molecule has 70 valence electrons. The van der Waals surface area contributed by atoms with Gasteiger partial charge in [0.1, 0.15) is 6.10 Å². The zero-order chi connectivity index (χ0) is 8.77. The van der Waals surface area contributed by atoms with E-state index in [1.54, 1.807) is 0 Å². The lowest BCUT2D eigenvalue weighted by Gasteiger charge is -2.26. The summed E-state index contributed by atoms with van der Waals surface area (Å²) >= 11 is 0. The van der Waals surface area contributed by atoms with E-state index in [1.165, 1.54) is 12.8 Å². The molecule has 0 aromatic heterocycles. The van der Waals surface area contributed by atoms with Crippen molar-refractivity contribution in [2.45, 2.75) is 51.4 Å². The third kappa shape index (κ3) is 1.50. The van der Waals surface area contributed by atoms with Gasteiger partial charge in [-0.15, -0.1) is 0 Å². The number of hydrogen-bond acceptors (Lipinski definition) is 2. The van der Waals surface area contributed by atoms with Crippen LogP contribution in [-0.4, -0.2) is 24.4 Å². The Labute approximate surface area is 74.2 Å². The molecular weight excluding hydrogens is 152 g/mol. The van der Waals surface area contributed by atoms with Crippen LogP contribution in [0.1, 0.15) is 33.6 Å². The molecule has 3 atom stereocenters. The highest BCUT2D eigenvalue weighted by Gasteiger charge is 2.53. The summed E-state index contributed by atoms with van der Waals surface area (Å²) in [6.07, 6.45) is 3.11. The van der Waals surface area contributed by atoms with E-state index < -0.39 is 0 Å². The van der Waals surface area contributed by atoms with E-state index in [2.05, 4.69) is 20.8 Å². The van der Waals surface area contributed by atoms with E-state index in [0.29, 0.717) is 12.2 Å². The van der Waals surface area contributed by atoms with Gasteiger partial charge in [0, 0.05) is 6.61 Å². The minimum atomic E-state index is 0.0850. The molecule has 2 fully saturated rings. The van der Waals surface area contributed by atoms with Crippen molar-refractivity contribution in [2.24, 2.45) is 5.92 Å². The lowest BCUT2D eigenvalue weighted by molar-refractivity contribution is -0.0199. The van der Waals surface area contributed by atoms with E-state index in [4.69, 9.17) is 9.47 Å². The fourth-order valence-electron chi connectivity index (χ4n) is 2.03. The molecular formula is C10H18O2. The normalized spacial score (nSPS) is 45.8. The van der Waals surface area contributed by atoms with Gasteiger partial charge in [-0.2, -0.15) is 0 Å². The minimum Gasteiger partial charge on any atom is -0.375 e. The van der Waals surface area contributed by atoms with Crippen molar-refractivity contribution in [1.29, 1.82) is 0 Å². The molecule has 0 aromatic carbocycles. The maximum absolute atomic E-state index is 5.68. The maximum Gasteiger partial charge on any atom is 0.113 e. The van der Waals surface area contributed by atoms with Crippen molar-refractivity contribution < 1.29 is 9.47 Å². The molecule has 2 heterocycles. The predicted octanol–water partition coefficient (Wildman–Crippen LogP) is 1.98. The summed E-state index contributed by atoms with van der Waals surface area (Å²) in [4.78, 5) is 0. The van der Waals surface area contributed by atoms with Crippen LogP contribution in [-0.2, 0) is 9.47 Å². The monoisotopic (exact) mass is 170 g/mol. The molecule has 2 aliphatic heterocycles. The Hall–Kier alpha value is -0.0800. The molecule has 0 aliphatic carbocycles. The molecule has 0 spiro atoms. The van der Waals surface area contributed by atoms with Crippen LogP contribution < -0.4 is 0 Å². The number of hydrogen-bond donors (Lipinski definition) is 0. The standard InChI is InChI=1S/C10H18O2/c1-7-4-5-11-8(6-7)9-10(2,3)12-9/h7-9H,4-6H2,1-3H3/t7-,8+,9+/m1/s1. The molecule has 2 nitrogen and oxygen atoms in total. The third-order valence-corrected chi connectivity index (χ3v) is 2.97. The molecule has 0 unspecified atom stereocenters.